The van der Waals surface area contributed by atoms with Crippen molar-refractivity contribution in [2.75, 3.05) is 13.2 Å². The Morgan fingerprint density at radius 1 is 0.520 bits per heavy atom. The van der Waals surface area contributed by atoms with E-state index in [4.69, 9.17) is 9.47 Å². The van der Waals surface area contributed by atoms with E-state index in [1.165, 1.54) is 244 Å². The van der Waals surface area contributed by atoms with Crippen molar-refractivity contribution in [3.8, 4) is 0 Å². The summed E-state index contributed by atoms with van der Waals surface area (Å²) in [6.07, 6.45) is 56.6. The van der Waals surface area contributed by atoms with Crippen molar-refractivity contribution in [3.05, 3.63) is 24.3 Å². The highest BCUT2D eigenvalue weighted by Gasteiger charge is 2.48. The Balaban J connectivity index is 2.32. The van der Waals surface area contributed by atoms with Gasteiger partial charge >= 0.3 is 10.4 Å². The SMILES string of the molecule is CCCCCCCCCCCCCC/C=C\CCCCCCCCCCCCC(=O)NC(COC1OC(CO)C(O)C(OS(=O)(=O)O)C1O)C(O)/C=C/CCCCCCCCCCCCCCCCCCCCCC. The molecule has 444 valence electrons. The van der Waals surface area contributed by atoms with Crippen LogP contribution in [0.2, 0.25) is 0 Å². The maximum Gasteiger partial charge on any atom is 0.397 e. The molecule has 1 aliphatic heterocycles. The lowest BCUT2D eigenvalue weighted by molar-refractivity contribution is -0.298. The fourth-order valence-electron chi connectivity index (χ4n) is 10.3. The zero-order valence-corrected chi connectivity index (χ0v) is 49.2. The molecule has 6 N–H and O–H groups in total. The Kier molecular flexibility index (Phi) is 49.6. The quantitative estimate of drug-likeness (QED) is 0.0193. The molecule has 1 fully saturated rings. The first-order valence-corrected chi connectivity index (χ1v) is 33.1. The van der Waals surface area contributed by atoms with E-state index in [1.54, 1.807) is 6.08 Å². The molecule has 13 heteroatoms. The fourth-order valence-corrected chi connectivity index (χ4v) is 10.8. The summed E-state index contributed by atoms with van der Waals surface area (Å²) in [5.41, 5.74) is 0. The first-order valence-electron chi connectivity index (χ1n) is 31.7. The predicted octanol–water partition coefficient (Wildman–Crippen LogP) is 15.6. The lowest BCUT2D eigenvalue weighted by Crippen LogP contribution is -2.61. The van der Waals surface area contributed by atoms with E-state index in [2.05, 4.69) is 35.5 Å². The molecular weight excluding hydrogens is 967 g/mol. The van der Waals surface area contributed by atoms with Crippen LogP contribution in [0.3, 0.4) is 0 Å². The summed E-state index contributed by atoms with van der Waals surface area (Å²) in [6, 6.07) is -0.945. The Morgan fingerprint density at radius 3 is 1.20 bits per heavy atom. The Hall–Kier alpha value is -1.42. The number of aliphatic hydroxyl groups is 4. The van der Waals surface area contributed by atoms with Gasteiger partial charge in [-0.15, -0.1) is 0 Å². The van der Waals surface area contributed by atoms with Crippen molar-refractivity contribution in [1.82, 2.24) is 5.32 Å². The number of aliphatic hydroxyl groups excluding tert-OH is 4. The van der Waals surface area contributed by atoms with Crippen LogP contribution >= 0.6 is 0 Å². The second-order valence-corrected chi connectivity index (χ2v) is 23.4. The van der Waals surface area contributed by atoms with E-state index in [-0.39, 0.29) is 18.9 Å². The molecule has 0 aromatic rings. The highest BCUT2D eigenvalue weighted by molar-refractivity contribution is 7.80. The van der Waals surface area contributed by atoms with E-state index in [0.29, 0.717) is 6.42 Å². The summed E-state index contributed by atoms with van der Waals surface area (Å²) in [5, 5.41) is 45.1. The van der Waals surface area contributed by atoms with Gasteiger partial charge in [0, 0.05) is 6.42 Å². The molecule has 1 aliphatic rings. The third-order valence-electron chi connectivity index (χ3n) is 15.2. The molecule has 75 heavy (non-hydrogen) atoms. The average Bonchev–Trinajstić information content (AvgIpc) is 3.39. The predicted molar refractivity (Wildman–Crippen MR) is 310 cm³/mol. The molecule has 0 aliphatic carbocycles. The first kappa shape index (κ1) is 71.6. The second-order valence-electron chi connectivity index (χ2n) is 22.4. The molecule has 0 aromatic carbocycles. The van der Waals surface area contributed by atoms with E-state index >= 15 is 0 Å². The van der Waals surface area contributed by atoms with Gasteiger partial charge in [-0.25, -0.2) is 4.18 Å². The number of nitrogens with one attached hydrogen (secondary N) is 1. The lowest BCUT2D eigenvalue weighted by atomic mass is 9.99. The van der Waals surface area contributed by atoms with Crippen LogP contribution in [-0.4, -0.2) is 95.4 Å². The van der Waals surface area contributed by atoms with Crippen LogP contribution in [-0.2, 0) is 28.9 Å². The van der Waals surface area contributed by atoms with Gasteiger partial charge in [-0.1, -0.05) is 282 Å². The van der Waals surface area contributed by atoms with Gasteiger partial charge in [0.1, 0.15) is 24.4 Å². The number of hydrogen-bond donors (Lipinski definition) is 6. The zero-order valence-electron chi connectivity index (χ0n) is 48.4. The molecule has 1 rings (SSSR count). The minimum atomic E-state index is -5.09. The largest absolute Gasteiger partial charge is 0.397 e. The highest BCUT2D eigenvalue weighted by Crippen LogP contribution is 2.26. The van der Waals surface area contributed by atoms with Gasteiger partial charge in [0.2, 0.25) is 5.91 Å². The molecule has 7 unspecified atom stereocenters. The number of amides is 1. The van der Waals surface area contributed by atoms with Gasteiger partial charge in [-0.05, 0) is 44.9 Å². The van der Waals surface area contributed by atoms with Crippen LogP contribution in [0.25, 0.3) is 0 Å². The summed E-state index contributed by atoms with van der Waals surface area (Å²) >= 11 is 0. The second kappa shape index (κ2) is 52.0. The van der Waals surface area contributed by atoms with Crippen molar-refractivity contribution in [3.63, 3.8) is 0 Å². The van der Waals surface area contributed by atoms with Crippen LogP contribution in [0.4, 0.5) is 0 Å². The van der Waals surface area contributed by atoms with Crippen LogP contribution in [0.15, 0.2) is 24.3 Å². The summed E-state index contributed by atoms with van der Waals surface area (Å²) < 4.78 is 47.9. The molecule has 1 amide bonds. The van der Waals surface area contributed by atoms with E-state index in [1.807, 2.05) is 6.08 Å². The number of carbonyl (C=O) groups is 1. The van der Waals surface area contributed by atoms with Crippen LogP contribution in [0, 0.1) is 0 Å². The summed E-state index contributed by atoms with van der Waals surface area (Å²) in [5.74, 6) is -0.259. The van der Waals surface area contributed by atoms with Crippen LogP contribution in [0.5, 0.6) is 0 Å². The van der Waals surface area contributed by atoms with Crippen LogP contribution < -0.4 is 5.32 Å². The van der Waals surface area contributed by atoms with E-state index in [0.717, 1.165) is 38.5 Å². The number of rotatable bonds is 56. The van der Waals surface area contributed by atoms with Gasteiger partial charge in [0.05, 0.1) is 25.4 Å². The minimum absolute atomic E-state index is 0.259. The summed E-state index contributed by atoms with van der Waals surface area (Å²) in [7, 11) is -5.09. The van der Waals surface area contributed by atoms with Crippen molar-refractivity contribution in [2.45, 2.75) is 352 Å². The minimum Gasteiger partial charge on any atom is -0.394 e. The smallest absolute Gasteiger partial charge is 0.394 e. The molecule has 0 spiro atoms. The topological polar surface area (TPSA) is 192 Å². The molecule has 0 aromatic heterocycles. The maximum absolute atomic E-state index is 13.2. The Morgan fingerprint density at radius 2 is 0.853 bits per heavy atom. The fraction of sp³-hybridized carbons (Fsp3) is 0.919. The van der Waals surface area contributed by atoms with Crippen molar-refractivity contribution < 1.29 is 51.8 Å². The standard InChI is InChI=1S/C62H119NO11S/c1-3-5-7-9-11-13-15-17-19-21-23-25-27-28-29-30-32-34-36-38-40-42-44-46-48-50-52-58(66)63-55(54-72-62-60(68)61(74-75(69,70)71)59(67)57(53-64)73-62)56(65)51-49-47-45-43-41-39-37-35-33-31-26-24-22-20-18-16-14-12-10-8-6-4-2/h28-29,49,51,55-57,59-62,64-65,67-68H,3-27,30-48,50,52-54H2,1-2H3,(H,63,66)(H,69,70,71)/b29-28-,51-49+. The molecule has 0 radical (unpaired) electrons. The van der Waals surface area contributed by atoms with Gasteiger partial charge in [0.15, 0.2) is 6.29 Å². The lowest BCUT2D eigenvalue weighted by Gasteiger charge is -2.41. The summed E-state index contributed by atoms with van der Waals surface area (Å²) in [4.78, 5) is 13.2. The van der Waals surface area contributed by atoms with Gasteiger partial charge in [-0.3, -0.25) is 9.35 Å². The van der Waals surface area contributed by atoms with Gasteiger partial charge in [0.25, 0.3) is 0 Å². The maximum atomic E-state index is 13.2. The van der Waals surface area contributed by atoms with Crippen LogP contribution in [0.1, 0.15) is 309 Å². The summed E-state index contributed by atoms with van der Waals surface area (Å²) in [6.45, 7) is 3.45. The number of hydrogen-bond acceptors (Lipinski definition) is 10. The van der Waals surface area contributed by atoms with Gasteiger partial charge in [-0.2, -0.15) is 8.42 Å². The van der Waals surface area contributed by atoms with Crippen molar-refractivity contribution >= 4 is 16.3 Å². The Bertz CT molecular complexity index is 1420. The molecule has 0 bridgehead atoms. The third-order valence-corrected chi connectivity index (χ3v) is 15.7. The number of allylic oxidation sites excluding steroid dienone is 3. The highest BCUT2D eigenvalue weighted by atomic mass is 32.3. The Labute approximate surface area is 461 Å². The molecule has 12 nitrogen and oxygen atoms in total. The monoisotopic (exact) mass is 1090 g/mol. The molecule has 1 saturated heterocycles. The van der Waals surface area contributed by atoms with Crippen molar-refractivity contribution in [1.29, 1.82) is 0 Å². The first-order chi connectivity index (χ1) is 36.5. The third kappa shape index (κ3) is 44.1. The molecule has 0 saturated carbocycles. The number of unbranched alkanes of at least 4 members (excludes halogenated alkanes) is 42. The zero-order chi connectivity index (χ0) is 54.7. The van der Waals surface area contributed by atoms with Crippen molar-refractivity contribution in [2.24, 2.45) is 0 Å². The number of carbonyl (C=O) groups excluding carboxylic acids is 1. The van der Waals surface area contributed by atoms with Gasteiger partial charge < -0.3 is 35.2 Å². The molecule has 7 atom stereocenters. The van der Waals surface area contributed by atoms with E-state index < -0.39 is 59.9 Å². The number of ether oxygens (including phenoxy) is 2. The normalized spacial score (nSPS) is 19.2. The molecular formula is C62H119NO11S. The molecule has 1 heterocycles. The van der Waals surface area contributed by atoms with E-state index in [9.17, 15) is 38.2 Å². The average molecular weight is 1090 g/mol.